The lowest BCUT2D eigenvalue weighted by Crippen LogP contribution is -2.10. The van der Waals surface area contributed by atoms with Gasteiger partial charge in [0.1, 0.15) is 29.3 Å². The molecule has 4 aromatic rings. The highest BCUT2D eigenvalue weighted by Gasteiger charge is 2.26. The van der Waals surface area contributed by atoms with Gasteiger partial charge in [-0.1, -0.05) is 56.4 Å². The number of benzene rings is 3. The summed E-state index contributed by atoms with van der Waals surface area (Å²) >= 11 is 7.03. The van der Waals surface area contributed by atoms with Crippen LogP contribution in [0.1, 0.15) is 78.4 Å². The number of aromatic carboxylic acids is 1. The van der Waals surface area contributed by atoms with Crippen molar-refractivity contribution in [1.82, 2.24) is 9.55 Å². The average Bonchev–Trinajstić information content (AvgIpc) is 3.57. The normalized spacial score (nSPS) is 15.0. The maximum atomic E-state index is 11.1. The molecule has 0 saturated heterocycles. The second kappa shape index (κ2) is 12.4. The number of hydrogen-bond donors (Lipinski definition) is 1. The van der Waals surface area contributed by atoms with Gasteiger partial charge >= 0.3 is 5.97 Å². The van der Waals surface area contributed by atoms with Gasteiger partial charge in [0, 0.05) is 17.2 Å². The van der Waals surface area contributed by atoms with Crippen molar-refractivity contribution >= 4 is 50.9 Å². The Bertz CT molecular complexity index is 1560. The van der Waals surface area contributed by atoms with E-state index in [-0.39, 0.29) is 11.6 Å². The number of fused-ring (bicyclic) bond motifs is 1. The van der Waals surface area contributed by atoms with E-state index in [0.717, 1.165) is 50.9 Å². The third-order valence-electron chi connectivity index (χ3n) is 7.43. The summed E-state index contributed by atoms with van der Waals surface area (Å²) in [5, 5.41) is 10.0. The van der Waals surface area contributed by atoms with Gasteiger partial charge in [0.15, 0.2) is 0 Å². The van der Waals surface area contributed by atoms with Crippen LogP contribution in [0.2, 0.25) is 0 Å². The van der Waals surface area contributed by atoms with Crippen LogP contribution in [0.25, 0.3) is 11.0 Å². The number of imidazole rings is 1. The second-order valence-electron chi connectivity index (χ2n) is 10.0. The SMILES string of the molecule is CCC(CC)c1ccc2c(c1)nc(C1CSC(COc3ccc(C(=O)O)cc3)=N1)n2Cc1ccc(C(C)=S)cc1. The van der Waals surface area contributed by atoms with Gasteiger partial charge in [-0.2, -0.15) is 0 Å². The molecule has 40 heavy (non-hydrogen) atoms. The van der Waals surface area contributed by atoms with Gasteiger partial charge in [0.05, 0.1) is 16.6 Å². The third-order valence-corrected chi connectivity index (χ3v) is 8.70. The van der Waals surface area contributed by atoms with E-state index < -0.39 is 5.97 Å². The van der Waals surface area contributed by atoms with E-state index in [9.17, 15) is 4.79 Å². The number of rotatable bonds is 11. The Balaban J connectivity index is 1.43. The van der Waals surface area contributed by atoms with E-state index in [2.05, 4.69) is 60.9 Å². The van der Waals surface area contributed by atoms with Gasteiger partial charge in [-0.15, -0.1) is 11.8 Å². The standard InChI is InChI=1S/C32H33N3O3S2/c1-4-22(5-2)25-12-15-29-27(16-25)34-31(35(29)17-21-6-8-23(9-7-21)20(3)39)28-19-40-30(33-28)18-38-26-13-10-24(11-14-26)32(36)37/h6-16,22,28H,4-5,17-19H2,1-3H3,(H,36,37). The Morgan fingerprint density at radius 2 is 1.77 bits per heavy atom. The maximum Gasteiger partial charge on any atom is 0.335 e. The summed E-state index contributed by atoms with van der Waals surface area (Å²) in [4.78, 5) is 22.2. The lowest BCUT2D eigenvalue weighted by Gasteiger charge is -2.14. The first-order valence-corrected chi connectivity index (χ1v) is 15.0. The summed E-state index contributed by atoms with van der Waals surface area (Å²) in [5.74, 6) is 1.94. The van der Waals surface area contributed by atoms with Crippen LogP contribution in [0.3, 0.4) is 0 Å². The summed E-state index contributed by atoms with van der Waals surface area (Å²) in [6, 6.07) is 21.5. The summed E-state index contributed by atoms with van der Waals surface area (Å²) < 4.78 is 8.21. The van der Waals surface area contributed by atoms with Crippen LogP contribution in [0.5, 0.6) is 5.75 Å². The summed E-state index contributed by atoms with van der Waals surface area (Å²) in [7, 11) is 0. The number of aliphatic imine (C=N–C) groups is 1. The molecule has 1 unspecified atom stereocenters. The molecule has 0 aliphatic carbocycles. The molecule has 0 bridgehead atoms. The number of thiocarbonyl (C=S) groups is 1. The van der Waals surface area contributed by atoms with Crippen LogP contribution in [-0.4, -0.2) is 42.9 Å². The number of aromatic nitrogens is 2. The van der Waals surface area contributed by atoms with Gasteiger partial charge in [0.25, 0.3) is 0 Å². The summed E-state index contributed by atoms with van der Waals surface area (Å²) in [5.41, 5.74) is 5.95. The fourth-order valence-corrected chi connectivity index (χ4v) is 6.15. The molecule has 6 nitrogen and oxygen atoms in total. The highest BCUT2D eigenvalue weighted by atomic mass is 32.2. The monoisotopic (exact) mass is 571 g/mol. The molecular formula is C32H33N3O3S2. The number of carboxylic acids is 1. The first-order valence-electron chi connectivity index (χ1n) is 13.6. The lowest BCUT2D eigenvalue weighted by atomic mass is 9.94. The highest BCUT2D eigenvalue weighted by Crippen LogP contribution is 2.34. The smallest absolute Gasteiger partial charge is 0.335 e. The van der Waals surface area contributed by atoms with Crippen molar-refractivity contribution < 1.29 is 14.6 Å². The molecule has 1 aliphatic rings. The quantitative estimate of drug-likeness (QED) is 0.147. The molecule has 1 N–H and O–H groups in total. The molecule has 3 aromatic carbocycles. The Kier molecular flexibility index (Phi) is 8.66. The molecule has 0 radical (unpaired) electrons. The van der Waals surface area contributed by atoms with Crippen molar-refractivity contribution in [3.8, 4) is 5.75 Å². The fourth-order valence-electron chi connectivity index (χ4n) is 5.10. The van der Waals surface area contributed by atoms with E-state index >= 15 is 0 Å². The fraction of sp³-hybridized carbons (Fsp3) is 0.312. The molecule has 0 amide bonds. The summed E-state index contributed by atoms with van der Waals surface area (Å²) in [6.45, 7) is 7.47. The van der Waals surface area contributed by atoms with Crippen molar-refractivity contribution in [2.45, 2.75) is 52.1 Å². The molecular weight excluding hydrogens is 539 g/mol. The predicted molar refractivity (Wildman–Crippen MR) is 168 cm³/mol. The maximum absolute atomic E-state index is 11.1. The average molecular weight is 572 g/mol. The lowest BCUT2D eigenvalue weighted by molar-refractivity contribution is 0.0697. The molecule has 1 aromatic heterocycles. The first kappa shape index (κ1) is 28.1. The zero-order valence-electron chi connectivity index (χ0n) is 23.0. The number of ether oxygens (including phenoxy) is 1. The minimum absolute atomic E-state index is 0.0792. The topological polar surface area (TPSA) is 76.7 Å². The number of hydrogen-bond acceptors (Lipinski definition) is 6. The Hall–Kier alpha value is -3.49. The van der Waals surface area contributed by atoms with Crippen molar-refractivity contribution in [2.24, 2.45) is 4.99 Å². The van der Waals surface area contributed by atoms with Crippen LogP contribution in [-0.2, 0) is 6.54 Å². The Morgan fingerprint density at radius 3 is 2.42 bits per heavy atom. The second-order valence-corrected chi connectivity index (χ2v) is 11.7. The van der Waals surface area contributed by atoms with Crippen LogP contribution >= 0.6 is 24.0 Å². The first-order chi connectivity index (χ1) is 19.4. The number of thioether (sulfide) groups is 1. The predicted octanol–water partition coefficient (Wildman–Crippen LogP) is 7.69. The van der Waals surface area contributed by atoms with Gasteiger partial charge in [-0.05, 0) is 78.8 Å². The van der Waals surface area contributed by atoms with Crippen molar-refractivity contribution in [3.05, 3.63) is 94.8 Å². The third kappa shape index (κ3) is 6.13. The van der Waals surface area contributed by atoms with Crippen LogP contribution in [0.15, 0.2) is 71.7 Å². The molecule has 8 heteroatoms. The largest absolute Gasteiger partial charge is 0.487 e. The van der Waals surface area contributed by atoms with Crippen molar-refractivity contribution in [1.29, 1.82) is 0 Å². The minimum atomic E-state index is -0.954. The van der Waals surface area contributed by atoms with E-state index in [1.165, 1.54) is 11.1 Å². The molecule has 0 fully saturated rings. The zero-order valence-corrected chi connectivity index (χ0v) is 24.6. The van der Waals surface area contributed by atoms with E-state index in [4.69, 9.17) is 32.0 Å². The molecule has 0 saturated carbocycles. The molecule has 1 atom stereocenters. The molecule has 0 spiro atoms. The van der Waals surface area contributed by atoms with E-state index in [0.29, 0.717) is 24.8 Å². The molecule has 2 heterocycles. The highest BCUT2D eigenvalue weighted by molar-refractivity contribution is 8.14. The van der Waals surface area contributed by atoms with E-state index in [1.54, 1.807) is 36.0 Å². The van der Waals surface area contributed by atoms with Crippen LogP contribution in [0.4, 0.5) is 0 Å². The molecule has 1 aliphatic heterocycles. The number of nitrogens with zero attached hydrogens (tertiary/aromatic N) is 3. The van der Waals surface area contributed by atoms with Gasteiger partial charge in [0.2, 0.25) is 0 Å². The van der Waals surface area contributed by atoms with Crippen LogP contribution < -0.4 is 4.74 Å². The molecule has 5 rings (SSSR count). The number of carbonyl (C=O) groups is 1. The van der Waals surface area contributed by atoms with Gasteiger partial charge < -0.3 is 14.4 Å². The van der Waals surface area contributed by atoms with Crippen LogP contribution in [0, 0.1) is 0 Å². The number of carboxylic acid groups (broad SMARTS) is 1. The Morgan fingerprint density at radius 1 is 1.07 bits per heavy atom. The van der Waals surface area contributed by atoms with Crippen molar-refractivity contribution in [3.63, 3.8) is 0 Å². The minimum Gasteiger partial charge on any atom is -0.487 e. The zero-order chi connectivity index (χ0) is 28.2. The van der Waals surface area contributed by atoms with Crippen molar-refractivity contribution in [2.75, 3.05) is 12.4 Å². The van der Waals surface area contributed by atoms with Gasteiger partial charge in [-0.25, -0.2) is 9.78 Å². The Labute approximate surface area is 244 Å². The summed E-state index contributed by atoms with van der Waals surface area (Å²) in [6.07, 6.45) is 2.21. The molecule has 206 valence electrons. The van der Waals surface area contributed by atoms with E-state index in [1.807, 2.05) is 6.92 Å². The van der Waals surface area contributed by atoms with Gasteiger partial charge in [-0.3, -0.25) is 4.99 Å².